The Bertz CT molecular complexity index is 795. The van der Waals surface area contributed by atoms with Gasteiger partial charge in [0.15, 0.2) is 5.75 Å². The number of carbonyl (C=O) groups excluding carboxylic acids is 1. The van der Waals surface area contributed by atoms with E-state index in [4.69, 9.17) is 22.1 Å². The Hall–Kier alpha value is -2.60. The second-order valence-electron chi connectivity index (χ2n) is 6.32. The lowest BCUT2D eigenvalue weighted by Crippen LogP contribution is -2.13. The number of nitro benzene ring substituents is 1. The number of nitrogens with two attached hydrogens (primary N) is 1. The topological polar surface area (TPSA) is 95.5 Å². The number of halogens is 1. The fraction of sp³-hybridized carbons (Fsp3) is 0.235. The van der Waals surface area contributed by atoms with Crippen LogP contribution in [0.25, 0.3) is 0 Å². The first-order valence-electron chi connectivity index (χ1n) is 7.15. The molecule has 2 aromatic rings. The first-order chi connectivity index (χ1) is 11.1. The van der Waals surface area contributed by atoms with Crippen molar-refractivity contribution in [1.29, 1.82) is 0 Å². The molecule has 0 aliphatic carbocycles. The first-order valence-corrected chi connectivity index (χ1v) is 7.53. The van der Waals surface area contributed by atoms with Crippen LogP contribution in [0.5, 0.6) is 5.75 Å². The van der Waals surface area contributed by atoms with Gasteiger partial charge in [0.05, 0.1) is 22.2 Å². The molecule has 0 aliphatic heterocycles. The molecule has 2 N–H and O–H groups in total. The number of anilines is 1. The monoisotopic (exact) mass is 348 g/mol. The largest absolute Gasteiger partial charge is 0.420 e. The Labute approximate surface area is 144 Å². The molecular formula is C17H17ClN2O4. The van der Waals surface area contributed by atoms with Crippen molar-refractivity contribution in [2.24, 2.45) is 0 Å². The quantitative estimate of drug-likeness (QED) is 0.292. The number of hydrogen-bond donors (Lipinski definition) is 1. The van der Waals surface area contributed by atoms with Crippen LogP contribution in [0.2, 0.25) is 5.02 Å². The van der Waals surface area contributed by atoms with Crippen molar-refractivity contribution < 1.29 is 14.5 Å². The van der Waals surface area contributed by atoms with Crippen molar-refractivity contribution in [3.05, 3.63) is 62.7 Å². The van der Waals surface area contributed by atoms with Gasteiger partial charge in [0.1, 0.15) is 5.02 Å². The van der Waals surface area contributed by atoms with E-state index in [0.29, 0.717) is 5.56 Å². The van der Waals surface area contributed by atoms with Gasteiger partial charge in [-0.2, -0.15) is 0 Å². The van der Waals surface area contributed by atoms with Crippen LogP contribution < -0.4 is 10.5 Å². The van der Waals surface area contributed by atoms with E-state index in [2.05, 4.69) is 20.8 Å². The van der Waals surface area contributed by atoms with Crippen LogP contribution in [0.15, 0.2) is 36.4 Å². The molecule has 0 aromatic heterocycles. The molecule has 0 aliphatic rings. The van der Waals surface area contributed by atoms with E-state index in [1.807, 2.05) is 12.1 Å². The van der Waals surface area contributed by atoms with Gasteiger partial charge in [0.25, 0.3) is 5.69 Å². The summed E-state index contributed by atoms with van der Waals surface area (Å²) < 4.78 is 5.18. The normalized spacial score (nSPS) is 11.2. The predicted molar refractivity (Wildman–Crippen MR) is 92.6 cm³/mol. The Balaban J connectivity index is 2.27. The molecule has 0 heterocycles. The zero-order valence-corrected chi connectivity index (χ0v) is 14.3. The van der Waals surface area contributed by atoms with Crippen LogP contribution in [0, 0.1) is 10.1 Å². The molecule has 2 aromatic carbocycles. The number of hydrogen-bond acceptors (Lipinski definition) is 5. The third-order valence-electron chi connectivity index (χ3n) is 3.47. The maximum atomic E-state index is 12.2. The highest BCUT2D eigenvalue weighted by Gasteiger charge is 2.20. The average molecular weight is 349 g/mol. The van der Waals surface area contributed by atoms with E-state index < -0.39 is 10.9 Å². The number of rotatable bonds is 3. The minimum absolute atomic E-state index is 0.0380. The smallest absolute Gasteiger partial charge is 0.343 e. The molecule has 0 fully saturated rings. The van der Waals surface area contributed by atoms with Gasteiger partial charge in [0, 0.05) is 0 Å². The molecular weight excluding hydrogens is 332 g/mol. The van der Waals surface area contributed by atoms with E-state index in [0.717, 1.165) is 11.6 Å². The maximum absolute atomic E-state index is 12.2. The summed E-state index contributed by atoms with van der Waals surface area (Å²) in [6.07, 6.45) is 0. The van der Waals surface area contributed by atoms with Crippen LogP contribution in [-0.4, -0.2) is 10.9 Å². The van der Waals surface area contributed by atoms with Crippen molar-refractivity contribution in [3.8, 4) is 5.75 Å². The number of nitrogens with zero attached hydrogens (tertiary/aromatic N) is 1. The standard InChI is InChI=1S/C17H17ClN2O4/c1-17(2,3)11-6-4-10(5-7-11)16(21)24-15-9-14(20(22)23)12(18)8-13(15)19/h4-9H,19H2,1-3H3. The molecule has 0 spiro atoms. The van der Waals surface area contributed by atoms with Gasteiger partial charge in [-0.3, -0.25) is 10.1 Å². The first kappa shape index (κ1) is 17.7. The van der Waals surface area contributed by atoms with Crippen molar-refractivity contribution in [3.63, 3.8) is 0 Å². The molecule has 6 nitrogen and oxygen atoms in total. The van der Waals surface area contributed by atoms with Crippen molar-refractivity contribution in [2.45, 2.75) is 26.2 Å². The van der Waals surface area contributed by atoms with Crippen LogP contribution in [0.4, 0.5) is 11.4 Å². The fourth-order valence-electron chi connectivity index (χ4n) is 2.05. The summed E-state index contributed by atoms with van der Waals surface area (Å²) in [7, 11) is 0. The Morgan fingerprint density at radius 2 is 1.79 bits per heavy atom. The molecule has 0 saturated heterocycles. The van der Waals surface area contributed by atoms with E-state index in [1.165, 1.54) is 6.07 Å². The van der Waals surface area contributed by atoms with Gasteiger partial charge in [-0.25, -0.2) is 4.79 Å². The van der Waals surface area contributed by atoms with Gasteiger partial charge < -0.3 is 10.5 Å². The zero-order valence-electron chi connectivity index (χ0n) is 13.5. The highest BCUT2D eigenvalue weighted by atomic mass is 35.5. The Kier molecular flexibility index (Phi) is 4.80. The molecule has 0 atom stereocenters. The van der Waals surface area contributed by atoms with E-state index >= 15 is 0 Å². The van der Waals surface area contributed by atoms with Gasteiger partial charge in [-0.15, -0.1) is 0 Å². The molecule has 24 heavy (non-hydrogen) atoms. The lowest BCUT2D eigenvalue weighted by atomic mass is 9.87. The van der Waals surface area contributed by atoms with Crippen LogP contribution >= 0.6 is 11.6 Å². The average Bonchev–Trinajstić information content (AvgIpc) is 2.48. The van der Waals surface area contributed by atoms with E-state index in [-0.39, 0.29) is 27.6 Å². The minimum atomic E-state index is -0.669. The molecule has 126 valence electrons. The molecule has 0 bridgehead atoms. The predicted octanol–water partition coefficient (Wildman–Crippen LogP) is 4.35. The molecule has 0 radical (unpaired) electrons. The molecule has 2 rings (SSSR count). The summed E-state index contributed by atoms with van der Waals surface area (Å²) in [6.45, 7) is 6.19. The Morgan fingerprint density at radius 1 is 1.21 bits per heavy atom. The van der Waals surface area contributed by atoms with Crippen LogP contribution in [-0.2, 0) is 5.41 Å². The van der Waals surface area contributed by atoms with Crippen LogP contribution in [0.3, 0.4) is 0 Å². The Morgan fingerprint density at radius 3 is 2.29 bits per heavy atom. The summed E-state index contributed by atoms with van der Waals surface area (Å²) in [5, 5.41) is 10.8. The lowest BCUT2D eigenvalue weighted by molar-refractivity contribution is -0.384. The van der Waals surface area contributed by atoms with Gasteiger partial charge in [-0.05, 0) is 29.2 Å². The van der Waals surface area contributed by atoms with Gasteiger partial charge in [0.2, 0.25) is 0 Å². The van der Waals surface area contributed by atoms with Gasteiger partial charge in [-0.1, -0.05) is 44.5 Å². The van der Waals surface area contributed by atoms with E-state index in [1.54, 1.807) is 12.1 Å². The zero-order chi connectivity index (χ0) is 18.1. The summed E-state index contributed by atoms with van der Waals surface area (Å²) >= 11 is 5.75. The number of esters is 1. The highest BCUT2D eigenvalue weighted by Crippen LogP contribution is 2.34. The number of carbonyl (C=O) groups is 1. The summed E-state index contributed by atoms with van der Waals surface area (Å²) in [6, 6.07) is 9.19. The fourth-order valence-corrected chi connectivity index (χ4v) is 2.29. The third-order valence-corrected chi connectivity index (χ3v) is 3.77. The molecule has 0 amide bonds. The molecule has 0 unspecified atom stereocenters. The van der Waals surface area contributed by atoms with Gasteiger partial charge >= 0.3 is 5.97 Å². The summed E-state index contributed by atoms with van der Waals surface area (Å²) in [5.74, 6) is -0.755. The number of ether oxygens (including phenoxy) is 1. The minimum Gasteiger partial charge on any atom is -0.420 e. The number of nitrogen functional groups attached to an aromatic ring is 1. The second kappa shape index (κ2) is 6.49. The highest BCUT2D eigenvalue weighted by molar-refractivity contribution is 6.33. The second-order valence-corrected chi connectivity index (χ2v) is 6.72. The molecule has 7 heteroatoms. The van der Waals surface area contributed by atoms with E-state index in [9.17, 15) is 14.9 Å². The maximum Gasteiger partial charge on any atom is 0.343 e. The lowest BCUT2D eigenvalue weighted by Gasteiger charge is -2.19. The van der Waals surface area contributed by atoms with Crippen LogP contribution in [0.1, 0.15) is 36.7 Å². The SMILES string of the molecule is CC(C)(C)c1ccc(C(=O)Oc2cc([N+](=O)[O-])c(Cl)cc2N)cc1. The number of nitro groups is 1. The summed E-state index contributed by atoms with van der Waals surface area (Å²) in [5.41, 5.74) is 6.73. The number of benzene rings is 2. The van der Waals surface area contributed by atoms with Crippen molar-refractivity contribution in [2.75, 3.05) is 5.73 Å². The summed E-state index contributed by atoms with van der Waals surface area (Å²) in [4.78, 5) is 22.5. The van der Waals surface area contributed by atoms with Crippen molar-refractivity contribution in [1.82, 2.24) is 0 Å². The molecule has 0 saturated carbocycles. The third kappa shape index (κ3) is 3.83. The van der Waals surface area contributed by atoms with Crippen molar-refractivity contribution >= 4 is 28.9 Å².